The van der Waals surface area contributed by atoms with E-state index in [1.165, 1.54) is 17.9 Å². The third kappa shape index (κ3) is 5.12. The van der Waals surface area contributed by atoms with Gasteiger partial charge in [0.2, 0.25) is 5.91 Å². The second-order valence-electron chi connectivity index (χ2n) is 9.43. The molecule has 192 valence electrons. The molecule has 1 saturated heterocycles. The van der Waals surface area contributed by atoms with E-state index in [0.717, 1.165) is 36.0 Å². The van der Waals surface area contributed by atoms with Crippen molar-refractivity contribution in [1.29, 1.82) is 0 Å². The number of hydrogen-bond donors (Lipinski definition) is 1. The van der Waals surface area contributed by atoms with Crippen molar-refractivity contribution in [2.75, 3.05) is 29.4 Å². The molecule has 2 atom stereocenters. The van der Waals surface area contributed by atoms with E-state index in [4.69, 9.17) is 4.74 Å². The molecule has 0 spiro atoms. The lowest BCUT2D eigenvalue weighted by Crippen LogP contribution is -2.30. The van der Waals surface area contributed by atoms with E-state index in [-0.39, 0.29) is 48.2 Å². The molecule has 2 aromatic carbocycles. The zero-order valence-electron chi connectivity index (χ0n) is 20.7. The third-order valence-corrected chi connectivity index (χ3v) is 6.87. The van der Waals surface area contributed by atoms with Crippen LogP contribution in [0.25, 0.3) is 0 Å². The number of benzene rings is 2. The fourth-order valence-electron chi connectivity index (χ4n) is 4.97. The molecule has 1 N–H and O–H groups in total. The zero-order chi connectivity index (χ0) is 26.1. The summed E-state index contributed by atoms with van der Waals surface area (Å²) >= 11 is 0. The number of anilines is 2. The highest BCUT2D eigenvalue weighted by Crippen LogP contribution is 2.33. The van der Waals surface area contributed by atoms with E-state index in [1.807, 2.05) is 37.3 Å². The van der Waals surface area contributed by atoms with Crippen molar-refractivity contribution in [1.82, 2.24) is 10.3 Å². The first kappa shape index (κ1) is 24.7. The maximum absolute atomic E-state index is 14.1. The van der Waals surface area contributed by atoms with Gasteiger partial charge < -0.3 is 19.9 Å². The van der Waals surface area contributed by atoms with Crippen molar-refractivity contribution in [3.63, 3.8) is 0 Å². The summed E-state index contributed by atoms with van der Waals surface area (Å²) in [5.74, 6) is -1.46. The summed E-state index contributed by atoms with van der Waals surface area (Å²) in [7, 11) is 0. The van der Waals surface area contributed by atoms with Crippen LogP contribution in [0.5, 0.6) is 5.75 Å². The Labute approximate surface area is 214 Å². The largest absolute Gasteiger partial charge is 0.489 e. The van der Waals surface area contributed by atoms with Crippen LogP contribution in [0.2, 0.25) is 0 Å². The highest BCUT2D eigenvalue weighted by Gasteiger charge is 2.31. The lowest BCUT2D eigenvalue weighted by Gasteiger charge is -2.21. The lowest BCUT2D eigenvalue weighted by molar-refractivity contribution is -0.119. The van der Waals surface area contributed by atoms with Gasteiger partial charge in [-0.25, -0.2) is 8.78 Å². The lowest BCUT2D eigenvalue weighted by atomic mass is 10.1. The number of ether oxygens (including phenoxy) is 1. The van der Waals surface area contributed by atoms with Crippen molar-refractivity contribution in [3.05, 3.63) is 83.2 Å². The minimum atomic E-state index is -0.908. The number of amides is 2. The topological polar surface area (TPSA) is 74.8 Å². The van der Waals surface area contributed by atoms with E-state index in [9.17, 15) is 18.4 Å². The summed E-state index contributed by atoms with van der Waals surface area (Å²) in [6, 6.07) is 13.7. The highest BCUT2D eigenvalue weighted by molar-refractivity contribution is 6.06. The molecule has 9 heteroatoms. The Hall–Kier alpha value is -4.01. The maximum atomic E-state index is 14.1. The van der Waals surface area contributed by atoms with Crippen LogP contribution < -0.4 is 19.9 Å². The summed E-state index contributed by atoms with van der Waals surface area (Å²) in [4.78, 5) is 32.3. The molecule has 7 nitrogen and oxygen atoms in total. The molecule has 0 aliphatic carbocycles. The third-order valence-electron chi connectivity index (χ3n) is 6.87. The quantitative estimate of drug-likeness (QED) is 0.536. The molecule has 1 fully saturated rings. The van der Waals surface area contributed by atoms with Gasteiger partial charge in [-0.05, 0) is 55.3 Å². The number of nitrogens with one attached hydrogen (secondary N) is 1. The summed E-state index contributed by atoms with van der Waals surface area (Å²) in [6.45, 7) is 5.12. The number of fused-ring (bicyclic) bond motifs is 1. The van der Waals surface area contributed by atoms with Crippen LogP contribution in [0.3, 0.4) is 0 Å². The van der Waals surface area contributed by atoms with Gasteiger partial charge in [-0.1, -0.05) is 12.1 Å². The Kier molecular flexibility index (Phi) is 6.78. The number of carbonyl (C=O) groups is 2. The van der Waals surface area contributed by atoms with Gasteiger partial charge in [0.15, 0.2) is 11.6 Å². The van der Waals surface area contributed by atoms with E-state index >= 15 is 0 Å². The second-order valence-corrected chi connectivity index (χ2v) is 9.43. The SMILES string of the molecule is CC(=O)N[C@@H](C)c1ccc(O[C@@H]2CCN(c3ccnc(C(=O)N4CCc5c4ccc(F)c5F)c3)C2)cc1. The number of pyridine rings is 1. The summed E-state index contributed by atoms with van der Waals surface area (Å²) in [5.41, 5.74) is 2.72. The van der Waals surface area contributed by atoms with E-state index in [0.29, 0.717) is 12.2 Å². The number of hydrogen-bond acceptors (Lipinski definition) is 5. The number of aromatic nitrogens is 1. The molecule has 2 aliphatic heterocycles. The molecule has 0 bridgehead atoms. The van der Waals surface area contributed by atoms with E-state index in [1.54, 1.807) is 12.3 Å². The smallest absolute Gasteiger partial charge is 0.276 e. The fourth-order valence-corrected chi connectivity index (χ4v) is 4.97. The fraction of sp³-hybridized carbons (Fsp3) is 0.321. The molecule has 2 aliphatic rings. The average Bonchev–Trinajstić information content (AvgIpc) is 3.54. The highest BCUT2D eigenvalue weighted by atomic mass is 19.2. The van der Waals surface area contributed by atoms with Gasteiger partial charge in [-0.2, -0.15) is 0 Å². The molecule has 0 saturated carbocycles. The normalized spacial score (nSPS) is 17.5. The molecule has 37 heavy (non-hydrogen) atoms. The van der Waals surface area contributed by atoms with Gasteiger partial charge >= 0.3 is 0 Å². The predicted octanol–water partition coefficient (Wildman–Crippen LogP) is 4.42. The zero-order valence-corrected chi connectivity index (χ0v) is 20.7. The molecular weight excluding hydrogens is 478 g/mol. The average molecular weight is 507 g/mol. The van der Waals surface area contributed by atoms with Crippen molar-refractivity contribution in [2.24, 2.45) is 0 Å². The first-order chi connectivity index (χ1) is 17.8. The first-order valence-electron chi connectivity index (χ1n) is 12.3. The van der Waals surface area contributed by atoms with Crippen LogP contribution in [-0.4, -0.2) is 42.5 Å². The number of rotatable bonds is 6. The van der Waals surface area contributed by atoms with Gasteiger partial charge in [0.1, 0.15) is 17.5 Å². The second kappa shape index (κ2) is 10.2. The standard InChI is InChI=1S/C28H28F2N4O3/c1-17(32-18(2)35)19-3-5-21(6-4-19)37-22-10-13-33(16-22)20-9-12-31-25(15-20)28(36)34-14-11-23-26(34)8-7-24(29)27(23)30/h3-9,12,15,17,22H,10-11,13-14,16H2,1-2H3,(H,32,35)/t17-,22+/m0/s1. The van der Waals surface area contributed by atoms with Crippen LogP contribution in [0.4, 0.5) is 20.2 Å². The Morgan fingerprint density at radius 2 is 1.89 bits per heavy atom. The minimum absolute atomic E-state index is 0.0192. The van der Waals surface area contributed by atoms with Gasteiger partial charge in [0.25, 0.3) is 5.91 Å². The Bertz CT molecular complexity index is 1330. The van der Waals surface area contributed by atoms with Crippen LogP contribution >= 0.6 is 0 Å². The van der Waals surface area contributed by atoms with Gasteiger partial charge in [0, 0.05) is 43.9 Å². The van der Waals surface area contributed by atoms with Crippen LogP contribution in [0, 0.1) is 11.6 Å². The minimum Gasteiger partial charge on any atom is -0.489 e. The van der Waals surface area contributed by atoms with Crippen molar-refractivity contribution >= 4 is 23.2 Å². The molecule has 2 amide bonds. The molecule has 1 aromatic heterocycles. The van der Waals surface area contributed by atoms with Gasteiger partial charge in [-0.3, -0.25) is 14.6 Å². The van der Waals surface area contributed by atoms with Crippen LogP contribution in [-0.2, 0) is 11.2 Å². The summed E-state index contributed by atoms with van der Waals surface area (Å²) in [5, 5.41) is 2.87. The summed E-state index contributed by atoms with van der Waals surface area (Å²) in [6.07, 6.45) is 2.66. The molecule has 0 radical (unpaired) electrons. The summed E-state index contributed by atoms with van der Waals surface area (Å²) < 4.78 is 33.9. The van der Waals surface area contributed by atoms with Crippen molar-refractivity contribution in [3.8, 4) is 5.75 Å². The molecule has 0 unspecified atom stereocenters. The molecule has 5 rings (SSSR count). The number of halogens is 2. The Morgan fingerprint density at radius 1 is 1.11 bits per heavy atom. The Balaban J connectivity index is 1.23. The van der Waals surface area contributed by atoms with Crippen molar-refractivity contribution < 1.29 is 23.1 Å². The Morgan fingerprint density at radius 3 is 2.65 bits per heavy atom. The molecular formula is C28H28F2N4O3. The van der Waals surface area contributed by atoms with Crippen LogP contribution in [0.1, 0.15) is 47.9 Å². The monoisotopic (exact) mass is 506 g/mol. The molecule has 3 heterocycles. The van der Waals surface area contributed by atoms with E-state index in [2.05, 4.69) is 15.2 Å². The number of nitrogens with zero attached hydrogens (tertiary/aromatic N) is 3. The van der Waals surface area contributed by atoms with Crippen molar-refractivity contribution in [2.45, 2.75) is 38.8 Å². The first-order valence-corrected chi connectivity index (χ1v) is 12.3. The van der Waals surface area contributed by atoms with Gasteiger partial charge in [-0.15, -0.1) is 0 Å². The van der Waals surface area contributed by atoms with Crippen LogP contribution in [0.15, 0.2) is 54.7 Å². The molecule has 3 aromatic rings. The van der Waals surface area contributed by atoms with Gasteiger partial charge in [0.05, 0.1) is 18.3 Å². The van der Waals surface area contributed by atoms with E-state index < -0.39 is 11.6 Å². The number of carbonyl (C=O) groups excluding carboxylic acids is 2. The maximum Gasteiger partial charge on any atom is 0.276 e. The predicted molar refractivity (Wildman–Crippen MR) is 136 cm³/mol.